The summed E-state index contributed by atoms with van der Waals surface area (Å²) >= 11 is 0. The number of carbonyl (C=O) groups is 1. The minimum absolute atomic E-state index is 0.407. The van der Waals surface area contributed by atoms with Crippen molar-refractivity contribution in [2.75, 3.05) is 6.54 Å². The maximum Gasteiger partial charge on any atom is 0.137 e. The van der Waals surface area contributed by atoms with Crippen LogP contribution in [0.25, 0.3) is 0 Å². The molecular weight excluding hydrogens is 186 g/mol. The molecule has 2 atom stereocenters. The van der Waals surface area contributed by atoms with Crippen LogP contribution in [0.2, 0.25) is 0 Å². The highest BCUT2D eigenvalue weighted by Gasteiger charge is 2.26. The third-order valence-corrected chi connectivity index (χ3v) is 4.02. The van der Waals surface area contributed by atoms with Crippen molar-refractivity contribution < 1.29 is 4.79 Å². The highest BCUT2D eigenvalue weighted by atomic mass is 16.1. The molecule has 0 aromatic rings. The highest BCUT2D eigenvalue weighted by molar-refractivity contribution is 5.81. The molecule has 1 aliphatic heterocycles. The van der Waals surface area contributed by atoms with E-state index in [-0.39, 0.29) is 0 Å². The summed E-state index contributed by atoms with van der Waals surface area (Å²) in [5.74, 6) is 1.73. The van der Waals surface area contributed by atoms with Crippen molar-refractivity contribution in [3.63, 3.8) is 0 Å². The Morgan fingerprint density at radius 3 is 2.67 bits per heavy atom. The molecule has 2 aliphatic rings. The number of hydrogen-bond donors (Lipinski definition) is 1. The Morgan fingerprint density at radius 1 is 1.27 bits per heavy atom. The van der Waals surface area contributed by atoms with Crippen molar-refractivity contribution in [3.8, 4) is 0 Å². The number of Topliss-reactive ketones (excluding diaryl/α,β-unsaturated/α-hetero) is 1. The maximum absolute atomic E-state index is 12.0. The van der Waals surface area contributed by atoms with Crippen LogP contribution in [0.3, 0.4) is 0 Å². The molecule has 0 spiro atoms. The Kier molecular flexibility index (Phi) is 3.79. The molecule has 0 bridgehead atoms. The van der Waals surface area contributed by atoms with E-state index in [0.29, 0.717) is 17.7 Å². The van der Waals surface area contributed by atoms with Gasteiger partial charge in [-0.25, -0.2) is 0 Å². The predicted octanol–water partition coefficient (Wildman–Crippen LogP) is 2.52. The SMILES string of the molecule is CC1CCNC(CC(=O)C2CCCC2)C1. The first kappa shape index (κ1) is 11.1. The summed E-state index contributed by atoms with van der Waals surface area (Å²) in [4.78, 5) is 12.0. The van der Waals surface area contributed by atoms with Gasteiger partial charge in [0, 0.05) is 18.4 Å². The normalized spacial score (nSPS) is 33.1. The van der Waals surface area contributed by atoms with Crippen LogP contribution < -0.4 is 5.32 Å². The first-order chi connectivity index (χ1) is 7.25. The van der Waals surface area contributed by atoms with E-state index in [0.717, 1.165) is 31.7 Å². The molecule has 15 heavy (non-hydrogen) atoms. The molecule has 2 heteroatoms. The lowest BCUT2D eigenvalue weighted by molar-refractivity contribution is -0.123. The topological polar surface area (TPSA) is 29.1 Å². The summed E-state index contributed by atoms with van der Waals surface area (Å²) in [6.45, 7) is 3.40. The molecule has 0 aromatic carbocycles. The third kappa shape index (κ3) is 3.04. The van der Waals surface area contributed by atoms with Gasteiger partial charge in [-0.2, -0.15) is 0 Å². The first-order valence-electron chi connectivity index (χ1n) is 6.52. The fraction of sp³-hybridized carbons (Fsp3) is 0.923. The Labute approximate surface area is 92.8 Å². The number of hydrogen-bond acceptors (Lipinski definition) is 2. The summed E-state index contributed by atoms with van der Waals surface area (Å²) in [5.41, 5.74) is 0. The van der Waals surface area contributed by atoms with Crippen LogP contribution in [0.5, 0.6) is 0 Å². The van der Waals surface area contributed by atoms with Crippen molar-refractivity contribution in [1.82, 2.24) is 5.32 Å². The average Bonchev–Trinajstić information content (AvgIpc) is 2.70. The zero-order valence-electron chi connectivity index (χ0n) is 9.80. The lowest BCUT2D eigenvalue weighted by atomic mass is 9.88. The monoisotopic (exact) mass is 209 g/mol. The van der Waals surface area contributed by atoms with Gasteiger partial charge in [-0.05, 0) is 38.1 Å². The van der Waals surface area contributed by atoms with Crippen LogP contribution in [-0.4, -0.2) is 18.4 Å². The van der Waals surface area contributed by atoms with Crippen LogP contribution in [-0.2, 0) is 4.79 Å². The van der Waals surface area contributed by atoms with Gasteiger partial charge < -0.3 is 5.32 Å². The van der Waals surface area contributed by atoms with Crippen LogP contribution >= 0.6 is 0 Å². The molecule has 2 fully saturated rings. The number of nitrogens with one attached hydrogen (secondary N) is 1. The van der Waals surface area contributed by atoms with Crippen LogP contribution in [0.1, 0.15) is 51.9 Å². The molecule has 2 rings (SSSR count). The zero-order chi connectivity index (χ0) is 10.7. The predicted molar refractivity (Wildman–Crippen MR) is 61.8 cm³/mol. The van der Waals surface area contributed by atoms with Gasteiger partial charge in [-0.1, -0.05) is 19.8 Å². The Bertz CT molecular complexity index is 221. The lowest BCUT2D eigenvalue weighted by Crippen LogP contribution is -2.39. The van der Waals surface area contributed by atoms with Crippen LogP contribution in [0, 0.1) is 11.8 Å². The second kappa shape index (κ2) is 5.11. The number of carbonyl (C=O) groups excluding carboxylic acids is 1. The third-order valence-electron chi connectivity index (χ3n) is 4.02. The quantitative estimate of drug-likeness (QED) is 0.774. The molecule has 0 aromatic heterocycles. The largest absolute Gasteiger partial charge is 0.314 e. The van der Waals surface area contributed by atoms with E-state index in [2.05, 4.69) is 12.2 Å². The Balaban J connectivity index is 1.77. The van der Waals surface area contributed by atoms with E-state index in [1.165, 1.54) is 25.7 Å². The van der Waals surface area contributed by atoms with Gasteiger partial charge in [0.2, 0.25) is 0 Å². The molecule has 1 heterocycles. The second-order valence-corrected chi connectivity index (χ2v) is 5.43. The first-order valence-corrected chi connectivity index (χ1v) is 6.52. The highest BCUT2D eigenvalue weighted by Crippen LogP contribution is 2.28. The Hall–Kier alpha value is -0.370. The maximum atomic E-state index is 12.0. The van der Waals surface area contributed by atoms with Crippen molar-refractivity contribution in [2.24, 2.45) is 11.8 Å². The minimum Gasteiger partial charge on any atom is -0.314 e. The van der Waals surface area contributed by atoms with Crippen molar-refractivity contribution >= 4 is 5.78 Å². The molecule has 1 saturated heterocycles. The van der Waals surface area contributed by atoms with Crippen LogP contribution in [0.4, 0.5) is 0 Å². The number of rotatable bonds is 3. The summed E-state index contributed by atoms with van der Waals surface area (Å²) in [6.07, 6.45) is 8.10. The number of piperidine rings is 1. The summed E-state index contributed by atoms with van der Waals surface area (Å²) in [5, 5.41) is 3.48. The van der Waals surface area contributed by atoms with E-state index in [9.17, 15) is 4.79 Å². The molecule has 2 unspecified atom stereocenters. The molecule has 2 nitrogen and oxygen atoms in total. The van der Waals surface area contributed by atoms with Crippen molar-refractivity contribution in [3.05, 3.63) is 0 Å². The molecule has 86 valence electrons. The molecular formula is C13H23NO. The Morgan fingerprint density at radius 2 is 2.00 bits per heavy atom. The summed E-state index contributed by atoms with van der Waals surface area (Å²) < 4.78 is 0. The van der Waals surface area contributed by atoms with E-state index in [4.69, 9.17) is 0 Å². The van der Waals surface area contributed by atoms with Crippen molar-refractivity contribution in [2.45, 2.75) is 57.9 Å². The van der Waals surface area contributed by atoms with E-state index in [1.54, 1.807) is 0 Å². The van der Waals surface area contributed by atoms with Gasteiger partial charge in [0.1, 0.15) is 5.78 Å². The zero-order valence-corrected chi connectivity index (χ0v) is 9.80. The molecule has 1 aliphatic carbocycles. The number of ketones is 1. The van der Waals surface area contributed by atoms with Crippen molar-refractivity contribution in [1.29, 1.82) is 0 Å². The molecule has 0 amide bonds. The lowest BCUT2D eigenvalue weighted by Gasteiger charge is -2.28. The second-order valence-electron chi connectivity index (χ2n) is 5.43. The van der Waals surface area contributed by atoms with Gasteiger partial charge in [-0.15, -0.1) is 0 Å². The standard InChI is InChI=1S/C13H23NO/c1-10-6-7-14-12(8-10)9-13(15)11-4-2-3-5-11/h10-12,14H,2-9H2,1H3. The van der Waals surface area contributed by atoms with Gasteiger partial charge >= 0.3 is 0 Å². The van der Waals surface area contributed by atoms with Gasteiger partial charge in [-0.3, -0.25) is 4.79 Å². The average molecular weight is 209 g/mol. The molecule has 1 saturated carbocycles. The van der Waals surface area contributed by atoms with E-state index < -0.39 is 0 Å². The molecule has 1 N–H and O–H groups in total. The summed E-state index contributed by atoms with van der Waals surface area (Å²) in [6, 6.07) is 0.474. The van der Waals surface area contributed by atoms with Gasteiger partial charge in [0.25, 0.3) is 0 Å². The minimum atomic E-state index is 0.407. The smallest absolute Gasteiger partial charge is 0.137 e. The van der Waals surface area contributed by atoms with Crippen LogP contribution in [0.15, 0.2) is 0 Å². The van der Waals surface area contributed by atoms with E-state index >= 15 is 0 Å². The van der Waals surface area contributed by atoms with Gasteiger partial charge in [0.05, 0.1) is 0 Å². The fourth-order valence-corrected chi connectivity index (χ4v) is 3.03. The van der Waals surface area contributed by atoms with Gasteiger partial charge in [0.15, 0.2) is 0 Å². The van der Waals surface area contributed by atoms with E-state index in [1.807, 2.05) is 0 Å². The molecule has 0 radical (unpaired) electrons. The fourth-order valence-electron chi connectivity index (χ4n) is 3.03. The summed E-state index contributed by atoms with van der Waals surface area (Å²) in [7, 11) is 0.